The maximum Gasteiger partial charge on any atom is 0.255 e. The van der Waals surface area contributed by atoms with Gasteiger partial charge in [-0.15, -0.1) is 0 Å². The van der Waals surface area contributed by atoms with Crippen LogP contribution in [0.1, 0.15) is 85.6 Å². The molecule has 0 radical (unpaired) electrons. The lowest BCUT2D eigenvalue weighted by Crippen LogP contribution is -2.37. The lowest BCUT2D eigenvalue weighted by Gasteiger charge is -2.34. The molecule has 1 atom stereocenters. The van der Waals surface area contributed by atoms with Crippen LogP contribution in [0.2, 0.25) is 0 Å². The van der Waals surface area contributed by atoms with Crippen molar-refractivity contribution in [3.8, 4) is 0 Å². The minimum atomic E-state index is -0.284. The fraction of sp³-hybridized carbons (Fsp3) is 0.500. The first-order valence-corrected chi connectivity index (χ1v) is 15.4. The van der Waals surface area contributed by atoms with E-state index >= 15 is 0 Å². The van der Waals surface area contributed by atoms with Gasteiger partial charge in [0.05, 0.1) is 30.5 Å². The molecule has 2 aromatic carbocycles. The summed E-state index contributed by atoms with van der Waals surface area (Å²) < 4.78 is 5.53. The van der Waals surface area contributed by atoms with Crippen LogP contribution >= 0.6 is 0 Å². The van der Waals surface area contributed by atoms with Crippen LogP contribution in [0.3, 0.4) is 0 Å². The van der Waals surface area contributed by atoms with Gasteiger partial charge in [-0.1, -0.05) is 62.2 Å². The van der Waals surface area contributed by atoms with Gasteiger partial charge in [-0.2, -0.15) is 0 Å². The predicted molar refractivity (Wildman–Crippen MR) is 164 cm³/mol. The number of hydrogen-bond donors (Lipinski definition) is 1. The summed E-state index contributed by atoms with van der Waals surface area (Å²) in [6.07, 6.45) is 8.31. The average Bonchev–Trinajstić information content (AvgIpc) is 3.53. The number of amides is 1. The Kier molecular flexibility index (Phi) is 8.24. The van der Waals surface area contributed by atoms with Crippen molar-refractivity contribution in [2.75, 3.05) is 49.2 Å². The van der Waals surface area contributed by atoms with E-state index in [1.807, 2.05) is 0 Å². The summed E-state index contributed by atoms with van der Waals surface area (Å²) in [5.41, 5.74) is 4.70. The Morgan fingerprint density at radius 3 is 2.44 bits per heavy atom. The minimum absolute atomic E-state index is 0.106. The number of hydrogen-bond acceptors (Lipinski definition) is 6. The maximum atomic E-state index is 14.1. The summed E-state index contributed by atoms with van der Waals surface area (Å²) in [6, 6.07) is 19.0. The van der Waals surface area contributed by atoms with Gasteiger partial charge in [-0.3, -0.25) is 4.79 Å². The number of rotatable bonds is 7. The van der Waals surface area contributed by atoms with Crippen LogP contribution in [0, 0.1) is 5.92 Å². The van der Waals surface area contributed by atoms with Gasteiger partial charge >= 0.3 is 0 Å². The minimum Gasteiger partial charge on any atom is -0.378 e. The number of anilines is 2. The number of morpholine rings is 1. The van der Waals surface area contributed by atoms with Crippen LogP contribution in [-0.4, -0.2) is 55.3 Å². The van der Waals surface area contributed by atoms with E-state index in [1.165, 1.54) is 11.3 Å². The highest BCUT2D eigenvalue weighted by molar-refractivity contribution is 5.96. The molecule has 216 valence electrons. The molecular weight excluding hydrogens is 510 g/mol. The van der Waals surface area contributed by atoms with Gasteiger partial charge in [0.1, 0.15) is 0 Å². The Morgan fingerprint density at radius 2 is 1.71 bits per heavy atom. The third-order valence-corrected chi connectivity index (χ3v) is 9.42. The Morgan fingerprint density at radius 1 is 0.976 bits per heavy atom. The smallest absolute Gasteiger partial charge is 0.255 e. The number of nitrogens with zero attached hydrogens (tertiary/aromatic N) is 4. The van der Waals surface area contributed by atoms with Crippen LogP contribution in [0.4, 0.5) is 11.6 Å². The molecule has 3 aromatic rings. The van der Waals surface area contributed by atoms with E-state index in [-0.39, 0.29) is 17.4 Å². The quantitative estimate of drug-likeness (QED) is 0.393. The molecule has 1 aromatic heterocycles. The van der Waals surface area contributed by atoms with Crippen molar-refractivity contribution in [3.05, 3.63) is 83.2 Å². The normalized spacial score (nSPS) is 20.1. The summed E-state index contributed by atoms with van der Waals surface area (Å²) in [5.74, 6) is 1.38. The summed E-state index contributed by atoms with van der Waals surface area (Å²) in [4.78, 5) is 28.8. The van der Waals surface area contributed by atoms with Gasteiger partial charge in [0.2, 0.25) is 5.95 Å². The van der Waals surface area contributed by atoms with Crippen molar-refractivity contribution in [3.63, 3.8) is 0 Å². The predicted octanol–water partition coefficient (Wildman–Crippen LogP) is 5.90. The molecule has 2 aliphatic heterocycles. The molecule has 7 nitrogen and oxygen atoms in total. The number of aromatic nitrogens is 2. The largest absolute Gasteiger partial charge is 0.378 e. The molecule has 3 fully saturated rings. The van der Waals surface area contributed by atoms with Crippen molar-refractivity contribution in [2.45, 2.75) is 63.8 Å². The van der Waals surface area contributed by atoms with Crippen LogP contribution < -0.4 is 15.1 Å². The Bertz CT molecular complexity index is 1330. The molecule has 41 heavy (non-hydrogen) atoms. The van der Waals surface area contributed by atoms with Gasteiger partial charge in [0.15, 0.2) is 0 Å². The fourth-order valence-electron chi connectivity index (χ4n) is 6.83. The lowest BCUT2D eigenvalue weighted by atomic mass is 9.74. The van der Waals surface area contributed by atoms with E-state index in [2.05, 4.69) is 83.6 Å². The number of ether oxygens (including phenoxy) is 1. The summed E-state index contributed by atoms with van der Waals surface area (Å²) in [5, 5.41) is 3.30. The van der Waals surface area contributed by atoms with Gasteiger partial charge in [-0.25, -0.2) is 9.97 Å². The van der Waals surface area contributed by atoms with Crippen molar-refractivity contribution in [1.82, 2.24) is 15.3 Å². The first kappa shape index (κ1) is 27.7. The zero-order valence-corrected chi connectivity index (χ0v) is 24.5. The summed E-state index contributed by atoms with van der Waals surface area (Å²) in [6.45, 7) is 9.55. The number of carbonyl (C=O) groups excluding carboxylic acids is 1. The molecule has 1 amide bonds. The van der Waals surface area contributed by atoms with Gasteiger partial charge in [-0.05, 0) is 61.8 Å². The van der Waals surface area contributed by atoms with E-state index in [0.717, 1.165) is 101 Å². The molecule has 7 heteroatoms. The van der Waals surface area contributed by atoms with Gasteiger partial charge in [0.25, 0.3) is 5.91 Å². The van der Waals surface area contributed by atoms with Crippen LogP contribution in [-0.2, 0) is 10.2 Å². The van der Waals surface area contributed by atoms with E-state index in [4.69, 9.17) is 14.7 Å². The van der Waals surface area contributed by atoms with Gasteiger partial charge in [0, 0.05) is 43.5 Å². The van der Waals surface area contributed by atoms with E-state index < -0.39 is 0 Å². The van der Waals surface area contributed by atoms with Crippen molar-refractivity contribution in [2.24, 2.45) is 5.92 Å². The zero-order chi connectivity index (χ0) is 28.2. The second-order valence-electron chi connectivity index (χ2n) is 12.1. The topological polar surface area (TPSA) is 70.6 Å². The van der Waals surface area contributed by atoms with Crippen LogP contribution in [0.5, 0.6) is 0 Å². The standard InChI is InChI=1S/C34H43N5O2/c1-25-13-17-39(18-14-25)33-35-24-30(31(37-33)34(15-6-7-16-34)28-10-4-3-5-11-28)32(40)36-26(2)27-9-8-12-29(23-27)38-19-21-41-22-20-38/h3-5,8-12,23-26H,6-7,13-22H2,1-2H3,(H,36,40). The molecule has 1 unspecified atom stereocenters. The summed E-state index contributed by atoms with van der Waals surface area (Å²) in [7, 11) is 0. The second kappa shape index (κ2) is 12.2. The number of nitrogens with one attached hydrogen (secondary N) is 1. The molecular formula is C34H43N5O2. The molecule has 0 bridgehead atoms. The Hall–Kier alpha value is -3.45. The van der Waals surface area contributed by atoms with Gasteiger partial charge < -0.3 is 19.9 Å². The molecule has 0 spiro atoms. The molecule has 2 saturated heterocycles. The Labute approximate surface area is 244 Å². The van der Waals surface area contributed by atoms with E-state index in [9.17, 15) is 4.79 Å². The number of carbonyl (C=O) groups is 1. The highest BCUT2D eigenvalue weighted by Crippen LogP contribution is 2.47. The molecule has 6 rings (SSSR count). The first-order valence-electron chi connectivity index (χ1n) is 15.4. The summed E-state index contributed by atoms with van der Waals surface area (Å²) >= 11 is 0. The highest BCUT2D eigenvalue weighted by Gasteiger charge is 2.42. The zero-order valence-electron chi connectivity index (χ0n) is 24.5. The molecule has 3 heterocycles. The maximum absolute atomic E-state index is 14.1. The molecule has 1 saturated carbocycles. The average molecular weight is 554 g/mol. The molecule has 3 aliphatic rings. The van der Waals surface area contributed by atoms with Crippen LogP contribution in [0.15, 0.2) is 60.8 Å². The SMILES string of the molecule is CC1CCN(c2ncc(C(=O)NC(C)c3cccc(N4CCOCC4)c3)c(C3(c4ccccc4)CCCC3)n2)CC1. The second-order valence-corrected chi connectivity index (χ2v) is 12.1. The van der Waals surface area contributed by atoms with Crippen molar-refractivity contribution >= 4 is 17.5 Å². The number of benzene rings is 2. The van der Waals surface area contributed by atoms with E-state index in [0.29, 0.717) is 5.56 Å². The number of piperidine rings is 1. The van der Waals surface area contributed by atoms with Crippen LogP contribution in [0.25, 0.3) is 0 Å². The first-order chi connectivity index (χ1) is 20.0. The highest BCUT2D eigenvalue weighted by atomic mass is 16.5. The third kappa shape index (κ3) is 5.82. The van der Waals surface area contributed by atoms with E-state index in [1.54, 1.807) is 6.20 Å². The monoisotopic (exact) mass is 553 g/mol. The Balaban J connectivity index is 1.32. The fourth-order valence-corrected chi connectivity index (χ4v) is 6.83. The molecule has 1 aliphatic carbocycles. The lowest BCUT2D eigenvalue weighted by molar-refractivity contribution is 0.0936. The van der Waals surface area contributed by atoms with Crippen molar-refractivity contribution in [1.29, 1.82) is 0 Å². The van der Waals surface area contributed by atoms with Crippen molar-refractivity contribution < 1.29 is 9.53 Å². The third-order valence-electron chi connectivity index (χ3n) is 9.42. The molecule has 1 N–H and O–H groups in total.